The number of carbonyl (C=O) groups is 2. The molecule has 0 saturated heterocycles. The van der Waals surface area contributed by atoms with Gasteiger partial charge in [-0.2, -0.15) is 5.10 Å². The molecule has 0 saturated carbocycles. The lowest BCUT2D eigenvalue weighted by Gasteiger charge is -2.40. The van der Waals surface area contributed by atoms with E-state index in [1.54, 1.807) is 39.7 Å². The summed E-state index contributed by atoms with van der Waals surface area (Å²) in [7, 11) is 0. The zero-order valence-corrected chi connectivity index (χ0v) is 17.8. The quantitative estimate of drug-likeness (QED) is 0.482. The van der Waals surface area contributed by atoms with Crippen LogP contribution in [0.25, 0.3) is 16.8 Å². The number of nitrogens with zero attached hydrogens (tertiary/aromatic N) is 4. The molecule has 4 aromatic rings. The van der Waals surface area contributed by atoms with Crippen LogP contribution in [0.1, 0.15) is 24.4 Å². The van der Waals surface area contributed by atoms with Crippen LogP contribution in [0, 0.1) is 0 Å². The predicted octanol–water partition coefficient (Wildman–Crippen LogP) is 4.53. The van der Waals surface area contributed by atoms with E-state index in [1.807, 2.05) is 61.7 Å². The number of fused-ring (bicyclic) bond motifs is 1. The molecule has 0 radical (unpaired) electrons. The number of anilines is 2. The second-order valence-corrected chi connectivity index (χ2v) is 7.84. The molecule has 7 heteroatoms. The summed E-state index contributed by atoms with van der Waals surface area (Å²) in [5.41, 5.74) is 4.25. The summed E-state index contributed by atoms with van der Waals surface area (Å²) in [5.74, 6) is -0.0171. The molecule has 0 spiro atoms. The van der Waals surface area contributed by atoms with E-state index in [2.05, 4.69) is 5.10 Å². The Morgan fingerprint density at radius 2 is 1.84 bits per heavy atom. The minimum Gasteiger partial charge on any atom is -0.459 e. The minimum absolute atomic E-state index is 0.0581. The molecule has 2 aromatic carbocycles. The van der Waals surface area contributed by atoms with Gasteiger partial charge in [-0.25, -0.2) is 4.68 Å². The predicted molar refractivity (Wildman–Crippen MR) is 122 cm³/mol. The van der Waals surface area contributed by atoms with Crippen molar-refractivity contribution in [2.24, 2.45) is 0 Å². The van der Waals surface area contributed by atoms with Crippen molar-refractivity contribution in [3.8, 4) is 16.8 Å². The van der Waals surface area contributed by atoms with Crippen molar-refractivity contribution in [2.75, 3.05) is 16.3 Å². The first-order valence-corrected chi connectivity index (χ1v) is 10.4. The largest absolute Gasteiger partial charge is 0.459 e. The third-order valence-corrected chi connectivity index (χ3v) is 5.68. The van der Waals surface area contributed by atoms with Crippen LogP contribution in [0.2, 0.25) is 0 Å². The fourth-order valence-electron chi connectivity index (χ4n) is 4.26. The summed E-state index contributed by atoms with van der Waals surface area (Å²) in [6.45, 7) is 3.86. The Hall–Kier alpha value is -4.13. The first kappa shape index (κ1) is 19.8. The van der Waals surface area contributed by atoms with Crippen molar-refractivity contribution >= 4 is 23.2 Å². The molecule has 0 N–H and O–H groups in total. The molecule has 7 nitrogen and oxygen atoms in total. The van der Waals surface area contributed by atoms with Crippen molar-refractivity contribution in [1.82, 2.24) is 9.78 Å². The highest BCUT2D eigenvalue weighted by atomic mass is 16.3. The average molecular weight is 426 g/mol. The highest BCUT2D eigenvalue weighted by Crippen LogP contribution is 2.39. The van der Waals surface area contributed by atoms with E-state index in [1.165, 1.54) is 6.26 Å². The zero-order valence-electron chi connectivity index (χ0n) is 17.8. The van der Waals surface area contributed by atoms with E-state index < -0.39 is 0 Å². The molecular formula is C25H22N4O3. The van der Waals surface area contributed by atoms with Crippen LogP contribution in [0.4, 0.5) is 11.4 Å². The van der Waals surface area contributed by atoms with Crippen LogP contribution in [0.5, 0.6) is 0 Å². The molecule has 160 valence electrons. The van der Waals surface area contributed by atoms with Gasteiger partial charge in [0.25, 0.3) is 5.91 Å². The first-order valence-electron chi connectivity index (χ1n) is 10.4. The van der Waals surface area contributed by atoms with E-state index in [-0.39, 0.29) is 23.6 Å². The number of hydrogen-bond acceptors (Lipinski definition) is 4. The van der Waals surface area contributed by atoms with E-state index in [0.717, 1.165) is 16.8 Å². The van der Waals surface area contributed by atoms with Crippen molar-refractivity contribution in [3.63, 3.8) is 0 Å². The van der Waals surface area contributed by atoms with Gasteiger partial charge in [-0.3, -0.25) is 9.59 Å². The van der Waals surface area contributed by atoms with Gasteiger partial charge in [-0.15, -0.1) is 0 Å². The lowest BCUT2D eigenvalue weighted by molar-refractivity contribution is -0.117. The van der Waals surface area contributed by atoms with Gasteiger partial charge in [0.1, 0.15) is 0 Å². The SMILES string of the molecule is CC(=O)N1c2ccc(-c3cccc(-n4cccn4)c3)cc2N(C(=O)c2ccco2)C[C@@H]1C. The van der Waals surface area contributed by atoms with Gasteiger partial charge < -0.3 is 14.2 Å². The fourth-order valence-corrected chi connectivity index (χ4v) is 4.26. The Morgan fingerprint density at radius 1 is 1.00 bits per heavy atom. The number of benzene rings is 2. The van der Waals surface area contributed by atoms with Crippen LogP contribution in [0.3, 0.4) is 0 Å². The van der Waals surface area contributed by atoms with Crippen LogP contribution < -0.4 is 9.80 Å². The molecule has 1 aliphatic rings. The molecule has 1 atom stereocenters. The maximum absolute atomic E-state index is 13.2. The first-order chi connectivity index (χ1) is 15.5. The van der Waals surface area contributed by atoms with Crippen LogP contribution in [0.15, 0.2) is 83.7 Å². The molecule has 1 aliphatic heterocycles. The molecule has 3 heterocycles. The van der Waals surface area contributed by atoms with Gasteiger partial charge in [0.15, 0.2) is 5.76 Å². The molecule has 2 aromatic heterocycles. The molecule has 32 heavy (non-hydrogen) atoms. The molecule has 5 rings (SSSR count). The summed E-state index contributed by atoms with van der Waals surface area (Å²) >= 11 is 0. The Bertz CT molecular complexity index is 1280. The maximum atomic E-state index is 13.2. The number of carbonyl (C=O) groups excluding carboxylic acids is 2. The number of hydrogen-bond donors (Lipinski definition) is 0. The Balaban J connectivity index is 1.61. The van der Waals surface area contributed by atoms with Crippen LogP contribution in [-0.4, -0.2) is 34.2 Å². The molecule has 0 unspecified atom stereocenters. The Morgan fingerprint density at radius 3 is 2.56 bits per heavy atom. The zero-order chi connectivity index (χ0) is 22.2. The highest BCUT2D eigenvalue weighted by molar-refractivity contribution is 6.10. The number of amides is 2. The lowest BCUT2D eigenvalue weighted by Crippen LogP contribution is -2.51. The Kier molecular flexibility index (Phi) is 4.86. The van der Waals surface area contributed by atoms with E-state index in [4.69, 9.17) is 4.42 Å². The molecular weight excluding hydrogens is 404 g/mol. The standard InChI is InChI=1S/C25H22N4O3/c1-17-16-27(25(31)24-8-4-13-32-24)23-15-20(9-10-22(23)29(17)18(2)30)19-6-3-7-21(14-19)28-12-5-11-26-28/h3-15,17H,16H2,1-2H3/t17-/m0/s1. The van der Waals surface area contributed by atoms with Gasteiger partial charge in [-0.1, -0.05) is 18.2 Å². The second-order valence-electron chi connectivity index (χ2n) is 7.84. The highest BCUT2D eigenvalue weighted by Gasteiger charge is 2.35. The summed E-state index contributed by atoms with van der Waals surface area (Å²) in [4.78, 5) is 29.1. The summed E-state index contributed by atoms with van der Waals surface area (Å²) < 4.78 is 7.16. The van der Waals surface area contributed by atoms with Gasteiger partial charge in [-0.05, 0) is 60.5 Å². The van der Waals surface area contributed by atoms with Crippen molar-refractivity contribution < 1.29 is 14.0 Å². The van der Waals surface area contributed by atoms with Gasteiger partial charge in [0.2, 0.25) is 5.91 Å². The van der Waals surface area contributed by atoms with Gasteiger partial charge >= 0.3 is 0 Å². The monoisotopic (exact) mass is 426 g/mol. The van der Waals surface area contributed by atoms with Crippen molar-refractivity contribution in [1.29, 1.82) is 0 Å². The number of furan rings is 1. The van der Waals surface area contributed by atoms with Crippen LogP contribution >= 0.6 is 0 Å². The molecule has 0 aliphatic carbocycles. The second kappa shape index (κ2) is 7.85. The Labute approximate surface area is 185 Å². The maximum Gasteiger partial charge on any atom is 0.294 e. The normalized spacial score (nSPS) is 15.5. The molecule has 0 bridgehead atoms. The number of rotatable bonds is 3. The molecule has 2 amide bonds. The summed E-state index contributed by atoms with van der Waals surface area (Å²) in [6, 6.07) is 18.9. The average Bonchev–Trinajstić information content (AvgIpc) is 3.52. The topological polar surface area (TPSA) is 71.6 Å². The number of aromatic nitrogens is 2. The third-order valence-electron chi connectivity index (χ3n) is 5.68. The molecule has 0 fully saturated rings. The lowest BCUT2D eigenvalue weighted by atomic mass is 10.00. The smallest absolute Gasteiger partial charge is 0.294 e. The van der Waals surface area contributed by atoms with Crippen molar-refractivity contribution in [2.45, 2.75) is 19.9 Å². The van der Waals surface area contributed by atoms with Gasteiger partial charge in [0, 0.05) is 25.9 Å². The van der Waals surface area contributed by atoms with Crippen molar-refractivity contribution in [3.05, 3.63) is 85.1 Å². The summed E-state index contributed by atoms with van der Waals surface area (Å²) in [5, 5.41) is 4.30. The minimum atomic E-state index is -0.228. The van der Waals surface area contributed by atoms with Gasteiger partial charge in [0.05, 0.1) is 29.4 Å². The van der Waals surface area contributed by atoms with E-state index in [0.29, 0.717) is 17.9 Å². The fraction of sp³-hybridized carbons (Fsp3) is 0.160. The van der Waals surface area contributed by atoms with E-state index >= 15 is 0 Å². The van der Waals surface area contributed by atoms with Crippen LogP contribution in [-0.2, 0) is 4.79 Å². The van der Waals surface area contributed by atoms with E-state index in [9.17, 15) is 9.59 Å². The third kappa shape index (κ3) is 3.37. The summed E-state index contributed by atoms with van der Waals surface area (Å²) in [6.07, 6.45) is 5.11.